The third-order valence-corrected chi connectivity index (χ3v) is 6.32. The Hall–Kier alpha value is -2.63. The average molecular weight is 466 g/mol. The summed E-state index contributed by atoms with van der Waals surface area (Å²) >= 11 is 6.69. The van der Waals surface area contributed by atoms with E-state index in [9.17, 15) is 0 Å². The molecule has 2 aromatic carbocycles. The molecule has 2 heterocycles. The molecular weight excluding hydrogens is 434 g/mol. The van der Waals surface area contributed by atoms with Crippen LogP contribution in [0.3, 0.4) is 0 Å². The molecule has 0 atom stereocenters. The van der Waals surface area contributed by atoms with Gasteiger partial charge in [0.15, 0.2) is 16.7 Å². The van der Waals surface area contributed by atoms with Crippen molar-refractivity contribution in [3.63, 3.8) is 0 Å². The first-order valence-corrected chi connectivity index (χ1v) is 12.3. The monoisotopic (exact) mass is 465 g/mol. The highest BCUT2D eigenvalue weighted by Gasteiger charge is 2.20. The molecule has 0 spiro atoms. The van der Waals surface area contributed by atoms with Gasteiger partial charge >= 0.3 is 0 Å². The van der Waals surface area contributed by atoms with Gasteiger partial charge in [-0.1, -0.05) is 74.7 Å². The SMILES string of the molecule is CCCCc1c(-c2ccccc2)nnc(Cl)c1CN(CCCC)Cc1ccc2c(c1)OCO2. The summed E-state index contributed by atoms with van der Waals surface area (Å²) < 4.78 is 11.1. The zero-order valence-corrected chi connectivity index (χ0v) is 20.3. The molecule has 0 unspecified atom stereocenters. The number of hydrogen-bond donors (Lipinski definition) is 0. The molecule has 0 bridgehead atoms. The maximum Gasteiger partial charge on any atom is 0.231 e. The van der Waals surface area contributed by atoms with Gasteiger partial charge in [-0.3, -0.25) is 4.90 Å². The van der Waals surface area contributed by atoms with Gasteiger partial charge in [-0.05, 0) is 49.1 Å². The Balaban J connectivity index is 1.65. The fourth-order valence-corrected chi connectivity index (χ4v) is 4.42. The fourth-order valence-electron chi connectivity index (χ4n) is 4.21. The smallest absolute Gasteiger partial charge is 0.231 e. The first kappa shape index (κ1) is 23.5. The Morgan fingerprint density at radius 2 is 1.67 bits per heavy atom. The van der Waals surface area contributed by atoms with E-state index in [0.717, 1.165) is 80.1 Å². The van der Waals surface area contributed by atoms with Crippen LogP contribution in [0.5, 0.6) is 11.5 Å². The fraction of sp³-hybridized carbons (Fsp3) is 0.407. The number of unbranched alkanes of at least 4 members (excludes halogenated alkanes) is 2. The first-order valence-electron chi connectivity index (χ1n) is 11.9. The number of benzene rings is 2. The van der Waals surface area contributed by atoms with E-state index in [1.54, 1.807) is 0 Å². The Bertz CT molecular complexity index is 1060. The number of nitrogens with zero attached hydrogens (tertiary/aromatic N) is 3. The summed E-state index contributed by atoms with van der Waals surface area (Å²) in [5.74, 6) is 1.64. The van der Waals surface area contributed by atoms with Gasteiger partial charge in [0.2, 0.25) is 6.79 Å². The Morgan fingerprint density at radius 3 is 2.45 bits per heavy atom. The zero-order chi connectivity index (χ0) is 23.0. The standard InChI is InChI=1S/C27H32ClN3O2/c1-3-5-12-22-23(27(28)30-29-26(22)21-10-8-7-9-11-21)18-31(15-6-4-2)17-20-13-14-24-25(16-20)33-19-32-24/h7-11,13-14,16H,3-6,12,15,17-19H2,1-2H3. The molecular formula is C27H32ClN3O2. The maximum absolute atomic E-state index is 6.69. The molecule has 0 saturated carbocycles. The minimum Gasteiger partial charge on any atom is -0.454 e. The summed E-state index contributed by atoms with van der Waals surface area (Å²) in [6.07, 6.45) is 5.40. The van der Waals surface area contributed by atoms with Gasteiger partial charge in [-0.2, -0.15) is 0 Å². The van der Waals surface area contributed by atoms with Gasteiger partial charge in [-0.15, -0.1) is 10.2 Å². The highest BCUT2D eigenvalue weighted by Crippen LogP contribution is 2.34. The van der Waals surface area contributed by atoms with Crippen LogP contribution >= 0.6 is 11.6 Å². The number of ether oxygens (including phenoxy) is 2. The summed E-state index contributed by atoms with van der Waals surface area (Å²) in [7, 11) is 0. The van der Waals surface area contributed by atoms with Crippen LogP contribution in [0.4, 0.5) is 0 Å². The topological polar surface area (TPSA) is 47.5 Å². The second-order valence-electron chi connectivity index (χ2n) is 8.52. The van der Waals surface area contributed by atoms with E-state index in [2.05, 4.69) is 53.2 Å². The molecule has 0 N–H and O–H groups in total. The van der Waals surface area contributed by atoms with E-state index in [1.165, 1.54) is 11.1 Å². The highest BCUT2D eigenvalue weighted by molar-refractivity contribution is 6.30. The van der Waals surface area contributed by atoms with Crippen LogP contribution in [0.15, 0.2) is 48.5 Å². The van der Waals surface area contributed by atoms with E-state index >= 15 is 0 Å². The second-order valence-corrected chi connectivity index (χ2v) is 8.88. The van der Waals surface area contributed by atoms with Gasteiger partial charge in [0.1, 0.15) is 0 Å². The number of rotatable bonds is 11. The Morgan fingerprint density at radius 1 is 0.879 bits per heavy atom. The largest absolute Gasteiger partial charge is 0.454 e. The van der Waals surface area contributed by atoms with Crippen molar-refractivity contribution in [2.45, 2.75) is 59.0 Å². The lowest BCUT2D eigenvalue weighted by atomic mass is 9.97. The van der Waals surface area contributed by atoms with Crippen LogP contribution in [-0.4, -0.2) is 28.4 Å². The molecule has 5 nitrogen and oxygen atoms in total. The third-order valence-electron chi connectivity index (χ3n) is 6.02. The normalized spacial score (nSPS) is 12.5. The molecule has 3 aromatic rings. The molecule has 33 heavy (non-hydrogen) atoms. The highest BCUT2D eigenvalue weighted by atomic mass is 35.5. The second kappa shape index (κ2) is 11.5. The van der Waals surface area contributed by atoms with Gasteiger partial charge in [0.25, 0.3) is 0 Å². The Labute approximate surface area is 201 Å². The van der Waals surface area contributed by atoms with E-state index in [0.29, 0.717) is 11.9 Å². The van der Waals surface area contributed by atoms with Crippen molar-refractivity contribution in [2.75, 3.05) is 13.3 Å². The number of hydrogen-bond acceptors (Lipinski definition) is 5. The van der Waals surface area contributed by atoms with E-state index in [4.69, 9.17) is 21.1 Å². The minimum atomic E-state index is 0.291. The number of fused-ring (bicyclic) bond motifs is 1. The maximum atomic E-state index is 6.69. The molecule has 6 heteroatoms. The first-order chi connectivity index (χ1) is 16.2. The van der Waals surface area contributed by atoms with Crippen LogP contribution in [0.1, 0.15) is 56.2 Å². The zero-order valence-electron chi connectivity index (χ0n) is 19.5. The molecule has 0 saturated heterocycles. The molecule has 4 rings (SSSR count). The van der Waals surface area contributed by atoms with Crippen LogP contribution in [0, 0.1) is 0 Å². The third kappa shape index (κ3) is 5.84. The summed E-state index contributed by atoms with van der Waals surface area (Å²) in [6.45, 7) is 7.26. The molecule has 174 valence electrons. The van der Waals surface area contributed by atoms with Crippen molar-refractivity contribution in [1.29, 1.82) is 0 Å². The molecule has 1 aromatic heterocycles. The van der Waals surface area contributed by atoms with E-state index in [-0.39, 0.29) is 0 Å². The molecule has 0 aliphatic carbocycles. The van der Waals surface area contributed by atoms with Gasteiger partial charge in [0.05, 0.1) is 5.69 Å². The summed E-state index contributed by atoms with van der Waals surface area (Å²) in [5, 5.41) is 9.40. The average Bonchev–Trinajstić information content (AvgIpc) is 3.31. The van der Waals surface area contributed by atoms with Crippen LogP contribution < -0.4 is 9.47 Å². The van der Waals surface area contributed by atoms with E-state index < -0.39 is 0 Å². The molecule has 1 aliphatic rings. The van der Waals surface area contributed by atoms with Gasteiger partial charge in [-0.25, -0.2) is 0 Å². The van der Waals surface area contributed by atoms with Crippen molar-refractivity contribution in [1.82, 2.24) is 15.1 Å². The van der Waals surface area contributed by atoms with Crippen LogP contribution in [0.25, 0.3) is 11.3 Å². The van der Waals surface area contributed by atoms with Gasteiger partial charge in [0, 0.05) is 24.2 Å². The van der Waals surface area contributed by atoms with E-state index in [1.807, 2.05) is 24.3 Å². The Kier molecular flexibility index (Phi) is 8.19. The summed E-state index contributed by atoms with van der Waals surface area (Å²) in [4.78, 5) is 2.45. The quantitative estimate of drug-likeness (QED) is 0.316. The number of aromatic nitrogens is 2. The molecule has 0 amide bonds. The van der Waals surface area contributed by atoms with Crippen molar-refractivity contribution in [3.8, 4) is 22.8 Å². The summed E-state index contributed by atoms with van der Waals surface area (Å²) in [6, 6.07) is 16.5. The van der Waals surface area contributed by atoms with Crippen molar-refractivity contribution in [2.24, 2.45) is 0 Å². The molecule has 0 fully saturated rings. The minimum absolute atomic E-state index is 0.291. The lowest BCUT2D eigenvalue weighted by molar-refractivity contribution is 0.174. The molecule has 0 radical (unpaired) electrons. The van der Waals surface area contributed by atoms with Crippen molar-refractivity contribution in [3.05, 3.63) is 70.4 Å². The van der Waals surface area contributed by atoms with Crippen molar-refractivity contribution < 1.29 is 9.47 Å². The predicted octanol–water partition coefficient (Wildman–Crippen LogP) is 6.67. The van der Waals surface area contributed by atoms with Crippen molar-refractivity contribution >= 4 is 11.6 Å². The molecule has 1 aliphatic heterocycles. The van der Waals surface area contributed by atoms with Gasteiger partial charge < -0.3 is 9.47 Å². The summed E-state index contributed by atoms with van der Waals surface area (Å²) in [5.41, 5.74) is 5.55. The predicted molar refractivity (Wildman–Crippen MR) is 133 cm³/mol. The lowest BCUT2D eigenvalue weighted by Gasteiger charge is -2.25. The number of halogens is 1. The van der Waals surface area contributed by atoms with Crippen LogP contribution in [0.2, 0.25) is 5.15 Å². The van der Waals surface area contributed by atoms with Crippen LogP contribution in [-0.2, 0) is 19.5 Å². The lowest BCUT2D eigenvalue weighted by Crippen LogP contribution is -2.25.